The van der Waals surface area contributed by atoms with E-state index in [2.05, 4.69) is 6.07 Å². The van der Waals surface area contributed by atoms with Crippen molar-refractivity contribution in [1.82, 2.24) is 4.90 Å². The average molecular weight is 302 g/mol. The Morgan fingerprint density at radius 1 is 1.18 bits per heavy atom. The Morgan fingerprint density at radius 2 is 1.77 bits per heavy atom. The molecule has 0 N–H and O–H groups in total. The third-order valence-corrected chi connectivity index (χ3v) is 3.43. The number of ether oxygens (including phenoxy) is 1. The van der Waals surface area contributed by atoms with Gasteiger partial charge in [0, 0.05) is 13.1 Å². The summed E-state index contributed by atoms with van der Waals surface area (Å²) < 4.78 is 5.40. The van der Waals surface area contributed by atoms with E-state index >= 15 is 0 Å². The molecule has 0 aliphatic carbocycles. The smallest absolute Gasteiger partial charge is 0.240 e. The zero-order valence-electron chi connectivity index (χ0n) is 13.8. The zero-order chi connectivity index (χ0) is 16.4. The predicted molar refractivity (Wildman–Crippen MR) is 87.6 cm³/mol. The van der Waals surface area contributed by atoms with E-state index in [1.807, 2.05) is 49.9 Å². The van der Waals surface area contributed by atoms with Gasteiger partial charge in [0.05, 0.1) is 12.7 Å². The maximum atomic E-state index is 12.5. The first-order valence-electron chi connectivity index (χ1n) is 8.06. The quantitative estimate of drug-likeness (QED) is 0.702. The number of hydrogen-bond acceptors (Lipinski definition) is 3. The summed E-state index contributed by atoms with van der Waals surface area (Å²) >= 11 is 0. The predicted octanol–water partition coefficient (Wildman–Crippen LogP) is 3.42. The molecule has 4 heteroatoms. The Balaban J connectivity index is 2.74. The minimum absolute atomic E-state index is 0.0555. The minimum Gasteiger partial charge on any atom is -0.494 e. The van der Waals surface area contributed by atoms with Crippen LogP contribution in [0.2, 0.25) is 0 Å². The Kier molecular flexibility index (Phi) is 8.06. The van der Waals surface area contributed by atoms with E-state index < -0.39 is 5.92 Å². The van der Waals surface area contributed by atoms with Crippen molar-refractivity contribution in [1.29, 1.82) is 5.26 Å². The van der Waals surface area contributed by atoms with Crippen molar-refractivity contribution in [2.24, 2.45) is 5.92 Å². The van der Waals surface area contributed by atoms with Gasteiger partial charge in [-0.05, 0) is 43.9 Å². The van der Waals surface area contributed by atoms with Crippen LogP contribution in [0.5, 0.6) is 5.75 Å². The number of carbonyl (C=O) groups is 1. The van der Waals surface area contributed by atoms with Gasteiger partial charge in [-0.25, -0.2) is 0 Å². The van der Waals surface area contributed by atoms with Crippen LogP contribution in [0.15, 0.2) is 24.3 Å². The maximum absolute atomic E-state index is 12.5. The van der Waals surface area contributed by atoms with Crippen molar-refractivity contribution in [3.63, 3.8) is 0 Å². The van der Waals surface area contributed by atoms with Gasteiger partial charge in [-0.1, -0.05) is 26.0 Å². The van der Waals surface area contributed by atoms with Gasteiger partial charge in [0.2, 0.25) is 5.91 Å². The molecule has 0 saturated carbocycles. The van der Waals surface area contributed by atoms with Crippen molar-refractivity contribution in [2.75, 3.05) is 19.7 Å². The molecule has 0 fully saturated rings. The summed E-state index contributed by atoms with van der Waals surface area (Å²) in [6, 6.07) is 9.78. The molecule has 0 radical (unpaired) electrons. The summed E-state index contributed by atoms with van der Waals surface area (Å²) in [5.41, 5.74) is 0.983. The molecule has 22 heavy (non-hydrogen) atoms. The summed E-state index contributed by atoms with van der Waals surface area (Å²) in [6.45, 7) is 8.09. The van der Waals surface area contributed by atoms with E-state index in [9.17, 15) is 10.1 Å². The number of rotatable bonds is 9. The molecule has 0 aliphatic heterocycles. The lowest BCUT2D eigenvalue weighted by Gasteiger charge is -2.24. The van der Waals surface area contributed by atoms with E-state index in [-0.39, 0.29) is 5.91 Å². The van der Waals surface area contributed by atoms with Crippen LogP contribution < -0.4 is 4.74 Å². The van der Waals surface area contributed by atoms with Crippen LogP contribution in [0.3, 0.4) is 0 Å². The highest BCUT2D eigenvalue weighted by molar-refractivity contribution is 5.81. The van der Waals surface area contributed by atoms with E-state index in [4.69, 9.17) is 4.74 Å². The molecule has 0 bridgehead atoms. The van der Waals surface area contributed by atoms with E-state index in [1.54, 1.807) is 0 Å². The molecular formula is C18H26N2O2. The molecule has 0 aliphatic rings. The highest BCUT2D eigenvalue weighted by Crippen LogP contribution is 2.16. The molecule has 1 aromatic carbocycles. The van der Waals surface area contributed by atoms with Crippen LogP contribution >= 0.6 is 0 Å². The van der Waals surface area contributed by atoms with Gasteiger partial charge in [0.1, 0.15) is 11.7 Å². The lowest BCUT2D eigenvalue weighted by atomic mass is 9.99. The largest absolute Gasteiger partial charge is 0.494 e. The average Bonchev–Trinajstić information content (AvgIpc) is 2.53. The molecule has 0 saturated heterocycles. The molecule has 1 amide bonds. The third kappa shape index (κ3) is 5.40. The molecule has 0 spiro atoms. The number of hydrogen-bond donors (Lipinski definition) is 0. The minimum atomic E-state index is -0.615. The van der Waals surface area contributed by atoms with Crippen molar-refractivity contribution in [2.45, 2.75) is 40.0 Å². The van der Waals surface area contributed by atoms with Crippen molar-refractivity contribution in [3.05, 3.63) is 29.8 Å². The fourth-order valence-corrected chi connectivity index (χ4v) is 2.40. The molecule has 120 valence electrons. The van der Waals surface area contributed by atoms with Crippen molar-refractivity contribution in [3.8, 4) is 11.8 Å². The van der Waals surface area contributed by atoms with Gasteiger partial charge >= 0.3 is 0 Å². The molecule has 0 heterocycles. The first-order chi connectivity index (χ1) is 10.7. The normalized spacial score (nSPS) is 11.5. The van der Waals surface area contributed by atoms with E-state index in [1.165, 1.54) is 0 Å². The van der Waals surface area contributed by atoms with Gasteiger partial charge < -0.3 is 9.64 Å². The Hall–Kier alpha value is -2.02. The van der Waals surface area contributed by atoms with Crippen LogP contribution in [-0.2, 0) is 11.2 Å². The van der Waals surface area contributed by atoms with Crippen LogP contribution in [0.4, 0.5) is 0 Å². The van der Waals surface area contributed by atoms with Crippen LogP contribution in [-0.4, -0.2) is 30.5 Å². The van der Waals surface area contributed by atoms with Gasteiger partial charge in [-0.15, -0.1) is 0 Å². The number of nitriles is 1. The maximum Gasteiger partial charge on any atom is 0.240 e. The lowest BCUT2D eigenvalue weighted by molar-refractivity contribution is -0.133. The fourth-order valence-electron chi connectivity index (χ4n) is 2.40. The Morgan fingerprint density at radius 3 is 2.23 bits per heavy atom. The van der Waals surface area contributed by atoms with Gasteiger partial charge in [0.25, 0.3) is 0 Å². The summed E-state index contributed by atoms with van der Waals surface area (Å²) in [4.78, 5) is 14.3. The Labute approximate surface area is 133 Å². The molecule has 1 unspecified atom stereocenters. The second kappa shape index (κ2) is 9.83. The zero-order valence-corrected chi connectivity index (χ0v) is 13.8. The molecule has 1 aromatic rings. The highest BCUT2D eigenvalue weighted by atomic mass is 16.5. The van der Waals surface area contributed by atoms with Crippen molar-refractivity contribution < 1.29 is 9.53 Å². The van der Waals surface area contributed by atoms with Crippen LogP contribution in [0.1, 0.15) is 39.2 Å². The van der Waals surface area contributed by atoms with Gasteiger partial charge in [-0.3, -0.25) is 4.79 Å². The van der Waals surface area contributed by atoms with Crippen LogP contribution in [0, 0.1) is 17.2 Å². The van der Waals surface area contributed by atoms with E-state index in [0.29, 0.717) is 26.1 Å². The highest BCUT2D eigenvalue weighted by Gasteiger charge is 2.23. The number of amides is 1. The number of carbonyl (C=O) groups excluding carboxylic acids is 1. The monoisotopic (exact) mass is 302 g/mol. The van der Waals surface area contributed by atoms with Crippen LogP contribution in [0.25, 0.3) is 0 Å². The summed E-state index contributed by atoms with van der Waals surface area (Å²) in [5.74, 6) is 0.140. The van der Waals surface area contributed by atoms with Gasteiger partial charge in [-0.2, -0.15) is 5.26 Å². The lowest BCUT2D eigenvalue weighted by Crippen LogP contribution is -2.37. The summed E-state index contributed by atoms with van der Waals surface area (Å²) in [5, 5.41) is 9.36. The SMILES string of the molecule is CCCN(CCC)C(=O)C(C#N)Cc1ccc(OCC)cc1. The Bertz CT molecular complexity index is 485. The molecule has 0 aromatic heterocycles. The first kappa shape index (κ1) is 18.0. The topological polar surface area (TPSA) is 53.3 Å². The third-order valence-electron chi connectivity index (χ3n) is 3.43. The number of nitrogens with zero attached hydrogens (tertiary/aromatic N) is 2. The molecule has 1 atom stereocenters. The fraction of sp³-hybridized carbons (Fsp3) is 0.556. The van der Waals surface area contributed by atoms with Gasteiger partial charge in [0.15, 0.2) is 0 Å². The molecular weight excluding hydrogens is 276 g/mol. The summed E-state index contributed by atoms with van der Waals surface area (Å²) in [7, 11) is 0. The second-order valence-electron chi connectivity index (χ2n) is 5.29. The van der Waals surface area contributed by atoms with Crippen molar-refractivity contribution >= 4 is 5.91 Å². The molecule has 1 rings (SSSR count). The first-order valence-corrected chi connectivity index (χ1v) is 8.06. The number of benzene rings is 1. The standard InChI is InChI=1S/C18H26N2O2/c1-4-11-20(12-5-2)18(21)16(14-19)13-15-7-9-17(10-8-15)22-6-3/h7-10,16H,4-6,11-13H2,1-3H3. The second-order valence-corrected chi connectivity index (χ2v) is 5.29. The molecule has 4 nitrogen and oxygen atoms in total. The van der Waals surface area contributed by atoms with E-state index in [0.717, 1.165) is 24.2 Å². The summed E-state index contributed by atoms with van der Waals surface area (Å²) in [6.07, 6.45) is 2.27.